The lowest BCUT2D eigenvalue weighted by atomic mass is 10.0. The highest BCUT2D eigenvalue weighted by Crippen LogP contribution is 2.36. The first-order valence-corrected chi connectivity index (χ1v) is 8.20. The van der Waals surface area contributed by atoms with Crippen molar-refractivity contribution in [3.05, 3.63) is 15.8 Å². The summed E-state index contributed by atoms with van der Waals surface area (Å²) < 4.78 is 2.75. The van der Waals surface area contributed by atoms with Gasteiger partial charge in [0.05, 0.1) is 22.3 Å². The van der Waals surface area contributed by atoms with Gasteiger partial charge in [-0.05, 0) is 47.6 Å². The van der Waals surface area contributed by atoms with Gasteiger partial charge in [0.15, 0.2) is 0 Å². The SMILES string of the molecule is Cn1nc(I)c2c(N3CCC[C@@H](NC(=O)O)C3)c(N)ccc21. The number of rotatable bonds is 2. The molecule has 0 radical (unpaired) electrons. The van der Waals surface area contributed by atoms with Crippen molar-refractivity contribution >= 4 is 51.0 Å². The molecule has 4 N–H and O–H groups in total. The molecule has 8 heteroatoms. The van der Waals surface area contributed by atoms with Crippen LogP contribution in [-0.2, 0) is 7.05 Å². The number of piperidine rings is 1. The Labute approximate surface area is 141 Å². The third-order valence-corrected chi connectivity index (χ3v) is 4.80. The van der Waals surface area contributed by atoms with Crippen LogP contribution in [-0.4, -0.2) is 40.1 Å². The quantitative estimate of drug-likeness (QED) is 0.515. The van der Waals surface area contributed by atoms with Crippen LogP contribution in [0.2, 0.25) is 0 Å². The molecular formula is C14H18IN5O2. The van der Waals surface area contributed by atoms with E-state index in [0.29, 0.717) is 12.2 Å². The fourth-order valence-electron chi connectivity index (χ4n) is 3.12. The van der Waals surface area contributed by atoms with Crippen LogP contribution in [0.5, 0.6) is 0 Å². The van der Waals surface area contributed by atoms with Crippen LogP contribution >= 0.6 is 22.6 Å². The second-order valence-electron chi connectivity index (χ2n) is 5.55. The van der Waals surface area contributed by atoms with Gasteiger partial charge < -0.3 is 21.1 Å². The summed E-state index contributed by atoms with van der Waals surface area (Å²) in [6.45, 7) is 1.49. The van der Waals surface area contributed by atoms with Gasteiger partial charge in [-0.3, -0.25) is 4.68 Å². The van der Waals surface area contributed by atoms with E-state index in [4.69, 9.17) is 10.8 Å². The lowest BCUT2D eigenvalue weighted by molar-refractivity contribution is 0.188. The van der Waals surface area contributed by atoms with Gasteiger partial charge in [-0.25, -0.2) is 4.79 Å². The maximum atomic E-state index is 10.9. The lowest BCUT2D eigenvalue weighted by Gasteiger charge is -2.35. The van der Waals surface area contributed by atoms with Gasteiger partial charge >= 0.3 is 6.09 Å². The average molecular weight is 415 g/mol. The summed E-state index contributed by atoms with van der Waals surface area (Å²) in [6.07, 6.45) is 0.800. The van der Waals surface area contributed by atoms with Crippen LogP contribution < -0.4 is 16.0 Å². The Morgan fingerprint density at radius 2 is 2.32 bits per heavy atom. The van der Waals surface area contributed by atoms with E-state index in [1.807, 2.05) is 23.9 Å². The van der Waals surface area contributed by atoms with Crippen LogP contribution in [0.15, 0.2) is 12.1 Å². The summed E-state index contributed by atoms with van der Waals surface area (Å²) in [6, 6.07) is 3.79. The zero-order valence-corrected chi connectivity index (χ0v) is 14.4. The highest BCUT2D eigenvalue weighted by atomic mass is 127. The van der Waals surface area contributed by atoms with Crippen molar-refractivity contribution in [1.29, 1.82) is 0 Å². The van der Waals surface area contributed by atoms with Crippen molar-refractivity contribution in [2.45, 2.75) is 18.9 Å². The summed E-state index contributed by atoms with van der Waals surface area (Å²) in [7, 11) is 1.91. The number of halogens is 1. The fraction of sp³-hybridized carbons (Fsp3) is 0.429. The Balaban J connectivity index is 2.02. The molecular weight excluding hydrogens is 397 g/mol. The largest absolute Gasteiger partial charge is 0.465 e. The number of hydrogen-bond acceptors (Lipinski definition) is 4. The lowest BCUT2D eigenvalue weighted by Crippen LogP contribution is -2.47. The van der Waals surface area contributed by atoms with E-state index in [1.165, 1.54) is 0 Å². The van der Waals surface area contributed by atoms with Gasteiger partial charge in [-0.15, -0.1) is 0 Å². The van der Waals surface area contributed by atoms with Gasteiger partial charge in [-0.1, -0.05) is 0 Å². The standard InChI is InChI=1S/C14H18IN5O2/c1-19-10-5-4-9(16)12(11(10)13(15)18-19)20-6-2-3-8(7-20)17-14(21)22/h4-5,8,17H,2-3,6-7,16H2,1H3,(H,21,22)/t8-/m1/s1. The molecule has 0 unspecified atom stereocenters. The summed E-state index contributed by atoms with van der Waals surface area (Å²) in [5.41, 5.74) is 8.92. The predicted octanol–water partition coefficient (Wildman–Crippen LogP) is 2.00. The first kappa shape index (κ1) is 15.2. The van der Waals surface area contributed by atoms with E-state index in [1.54, 1.807) is 0 Å². The first-order chi connectivity index (χ1) is 10.5. The molecule has 22 heavy (non-hydrogen) atoms. The molecule has 0 saturated carbocycles. The zero-order valence-electron chi connectivity index (χ0n) is 12.2. The number of aryl methyl sites for hydroxylation is 1. The maximum Gasteiger partial charge on any atom is 0.404 e. The Hall–Kier alpha value is -1.71. The minimum Gasteiger partial charge on any atom is -0.465 e. The number of hydrogen-bond donors (Lipinski definition) is 3. The Morgan fingerprint density at radius 3 is 3.05 bits per heavy atom. The summed E-state index contributed by atoms with van der Waals surface area (Å²) in [4.78, 5) is 13.1. The molecule has 1 saturated heterocycles. The van der Waals surface area contributed by atoms with E-state index in [9.17, 15) is 4.79 Å². The molecule has 2 heterocycles. The average Bonchev–Trinajstić information content (AvgIpc) is 2.73. The molecule has 0 spiro atoms. The molecule has 118 valence electrons. The number of nitrogens with zero attached hydrogens (tertiary/aromatic N) is 3. The van der Waals surface area contributed by atoms with Gasteiger partial charge in [-0.2, -0.15) is 5.10 Å². The highest BCUT2D eigenvalue weighted by molar-refractivity contribution is 14.1. The van der Waals surface area contributed by atoms with Gasteiger partial charge in [0.1, 0.15) is 3.70 Å². The van der Waals surface area contributed by atoms with Crippen molar-refractivity contribution in [3.63, 3.8) is 0 Å². The van der Waals surface area contributed by atoms with Crippen molar-refractivity contribution in [1.82, 2.24) is 15.1 Å². The van der Waals surface area contributed by atoms with Crippen LogP contribution in [0.4, 0.5) is 16.2 Å². The van der Waals surface area contributed by atoms with Crippen molar-refractivity contribution < 1.29 is 9.90 Å². The van der Waals surface area contributed by atoms with E-state index in [-0.39, 0.29) is 6.04 Å². The van der Waals surface area contributed by atoms with Gasteiger partial charge in [0.2, 0.25) is 0 Å². The minimum absolute atomic E-state index is 0.0739. The van der Waals surface area contributed by atoms with Crippen molar-refractivity contribution in [2.24, 2.45) is 7.05 Å². The third kappa shape index (κ3) is 2.67. The summed E-state index contributed by atoms with van der Waals surface area (Å²) in [5, 5.41) is 17.0. The monoisotopic (exact) mass is 415 g/mol. The minimum atomic E-state index is -0.978. The molecule has 3 rings (SSSR count). The molecule has 1 fully saturated rings. The second kappa shape index (κ2) is 5.82. The number of amides is 1. The maximum absolute atomic E-state index is 10.9. The zero-order chi connectivity index (χ0) is 15.9. The number of nitrogens with one attached hydrogen (secondary N) is 1. The molecule has 1 amide bonds. The summed E-state index contributed by atoms with van der Waals surface area (Å²) >= 11 is 2.22. The molecule has 1 atom stereocenters. The van der Waals surface area contributed by atoms with E-state index in [0.717, 1.165) is 39.7 Å². The van der Waals surface area contributed by atoms with E-state index < -0.39 is 6.09 Å². The smallest absolute Gasteiger partial charge is 0.404 e. The topological polar surface area (TPSA) is 96.4 Å². The number of carboxylic acid groups (broad SMARTS) is 1. The molecule has 1 aliphatic heterocycles. The van der Waals surface area contributed by atoms with Crippen molar-refractivity contribution in [3.8, 4) is 0 Å². The number of carbonyl (C=O) groups is 1. The van der Waals surface area contributed by atoms with Crippen LogP contribution in [0.3, 0.4) is 0 Å². The van der Waals surface area contributed by atoms with Crippen molar-refractivity contribution in [2.75, 3.05) is 23.7 Å². The predicted molar refractivity (Wildman–Crippen MR) is 94.2 cm³/mol. The highest BCUT2D eigenvalue weighted by Gasteiger charge is 2.25. The Bertz CT molecular complexity index is 730. The second-order valence-corrected chi connectivity index (χ2v) is 6.57. The van der Waals surface area contributed by atoms with Crippen LogP contribution in [0.25, 0.3) is 10.9 Å². The number of fused-ring (bicyclic) bond motifs is 1. The summed E-state index contributed by atoms with van der Waals surface area (Å²) in [5.74, 6) is 0. The van der Waals surface area contributed by atoms with Crippen LogP contribution in [0, 0.1) is 3.70 Å². The van der Waals surface area contributed by atoms with Crippen LogP contribution in [0.1, 0.15) is 12.8 Å². The van der Waals surface area contributed by atoms with Gasteiger partial charge in [0, 0.05) is 26.2 Å². The normalized spacial score (nSPS) is 18.6. The molecule has 1 aromatic carbocycles. The number of benzene rings is 1. The van der Waals surface area contributed by atoms with E-state index >= 15 is 0 Å². The number of anilines is 2. The molecule has 0 bridgehead atoms. The third-order valence-electron chi connectivity index (χ3n) is 4.05. The molecule has 1 aliphatic rings. The van der Waals surface area contributed by atoms with Gasteiger partial charge in [0.25, 0.3) is 0 Å². The number of nitrogens with two attached hydrogens (primary N) is 1. The number of nitrogen functional groups attached to an aromatic ring is 1. The van der Waals surface area contributed by atoms with E-state index in [2.05, 4.69) is 37.9 Å². The Morgan fingerprint density at radius 1 is 1.55 bits per heavy atom. The molecule has 7 nitrogen and oxygen atoms in total. The fourth-order valence-corrected chi connectivity index (χ4v) is 3.97. The number of aromatic nitrogens is 2. The molecule has 1 aromatic heterocycles. The molecule has 2 aromatic rings. The Kier molecular flexibility index (Phi) is 4.02. The molecule has 0 aliphatic carbocycles. The first-order valence-electron chi connectivity index (χ1n) is 7.12.